The monoisotopic (exact) mass is 402 g/mol. The van der Waals surface area contributed by atoms with Gasteiger partial charge in [0.05, 0.1) is 4.92 Å². The number of amides is 1. The van der Waals surface area contributed by atoms with E-state index in [-0.39, 0.29) is 30.4 Å². The lowest BCUT2D eigenvalue weighted by Gasteiger charge is -2.03. The summed E-state index contributed by atoms with van der Waals surface area (Å²) in [5.74, 6) is -0.202. The molecule has 0 fully saturated rings. The molecule has 0 saturated carbocycles. The van der Waals surface area contributed by atoms with Crippen LogP contribution in [0.15, 0.2) is 17.3 Å². The van der Waals surface area contributed by atoms with E-state index >= 15 is 0 Å². The van der Waals surface area contributed by atoms with E-state index in [4.69, 9.17) is 0 Å². The molecule has 1 aromatic heterocycles. The molecule has 1 amide bonds. The second-order valence-corrected chi connectivity index (χ2v) is 5.10. The van der Waals surface area contributed by atoms with Crippen molar-refractivity contribution in [2.24, 2.45) is 0 Å². The summed E-state index contributed by atoms with van der Waals surface area (Å²) in [5, 5.41) is 16.3. The third kappa shape index (κ3) is 13.5. The molecular weight excluding hydrogens is 376 g/mol. The number of hydrogen-bond donors (Lipinski definition) is 2. The quantitative estimate of drug-likeness (QED) is 0.193. The number of carbonyl (C=O) groups is 3. The standard InChI is InChI=1S/C7H6N2O3S.C7H14N2O3.C2H6/c1-13-7-6(9(11)12)2-5(4-10)3-8-7;1-8-2-3-9-7(11)6-12-5-4-10;1-2/h2-4H,1H3;4,8H,2-3,5-6H2,1H3,(H,9,11);1-2H3. The molecule has 2 N–H and O–H groups in total. The van der Waals surface area contributed by atoms with E-state index < -0.39 is 4.92 Å². The number of hydrogen-bond acceptors (Lipinski definition) is 9. The van der Waals surface area contributed by atoms with E-state index in [1.165, 1.54) is 24.0 Å². The predicted molar refractivity (Wildman–Crippen MR) is 103 cm³/mol. The molecule has 0 saturated heterocycles. The number of thioether (sulfide) groups is 1. The molecule has 0 aliphatic rings. The Bertz CT molecular complexity index is 586. The molecule has 0 aliphatic heterocycles. The molecule has 27 heavy (non-hydrogen) atoms. The summed E-state index contributed by atoms with van der Waals surface area (Å²) in [4.78, 5) is 44.6. The molecule has 0 aromatic carbocycles. The van der Waals surface area contributed by atoms with Crippen LogP contribution in [-0.2, 0) is 14.3 Å². The van der Waals surface area contributed by atoms with Gasteiger partial charge in [0.25, 0.3) is 0 Å². The van der Waals surface area contributed by atoms with Gasteiger partial charge in [-0.05, 0) is 13.3 Å². The van der Waals surface area contributed by atoms with E-state index in [1.54, 1.807) is 13.3 Å². The van der Waals surface area contributed by atoms with Crippen LogP contribution >= 0.6 is 11.8 Å². The third-order valence-electron chi connectivity index (χ3n) is 2.50. The lowest BCUT2D eigenvalue weighted by molar-refractivity contribution is -0.388. The number of pyridine rings is 1. The van der Waals surface area contributed by atoms with E-state index in [1.807, 2.05) is 13.8 Å². The molecule has 1 heterocycles. The Kier molecular flexibility index (Phi) is 18.3. The number of nitrogens with zero attached hydrogens (tertiary/aromatic N) is 2. The zero-order valence-electron chi connectivity index (χ0n) is 15.9. The fourth-order valence-corrected chi connectivity index (χ4v) is 1.89. The summed E-state index contributed by atoms with van der Waals surface area (Å²) in [7, 11) is 1.80. The first-order valence-corrected chi connectivity index (χ1v) is 9.28. The third-order valence-corrected chi connectivity index (χ3v) is 3.20. The van der Waals surface area contributed by atoms with Gasteiger partial charge in [0, 0.05) is 30.9 Å². The number of aldehydes is 2. The minimum Gasteiger partial charge on any atom is -0.364 e. The van der Waals surface area contributed by atoms with Crippen LogP contribution in [0.3, 0.4) is 0 Å². The normalized spacial score (nSPS) is 9.04. The van der Waals surface area contributed by atoms with Crippen molar-refractivity contribution in [3.05, 3.63) is 27.9 Å². The Morgan fingerprint density at radius 3 is 2.52 bits per heavy atom. The number of ether oxygens (including phenoxy) is 1. The molecule has 1 rings (SSSR count). The highest BCUT2D eigenvalue weighted by atomic mass is 32.2. The lowest BCUT2D eigenvalue weighted by atomic mass is 10.3. The maximum atomic E-state index is 10.8. The fourth-order valence-electron chi connectivity index (χ4n) is 1.39. The molecule has 152 valence electrons. The van der Waals surface area contributed by atoms with Gasteiger partial charge in [-0.2, -0.15) is 0 Å². The van der Waals surface area contributed by atoms with Crippen molar-refractivity contribution in [3.63, 3.8) is 0 Å². The molecule has 0 bridgehead atoms. The summed E-state index contributed by atoms with van der Waals surface area (Å²) < 4.78 is 4.67. The highest BCUT2D eigenvalue weighted by Crippen LogP contribution is 2.24. The van der Waals surface area contributed by atoms with Gasteiger partial charge in [-0.3, -0.25) is 19.7 Å². The van der Waals surface area contributed by atoms with Crippen LogP contribution in [0, 0.1) is 10.1 Å². The Balaban J connectivity index is 0. The molecule has 0 spiro atoms. The van der Waals surface area contributed by atoms with Crippen molar-refractivity contribution in [1.82, 2.24) is 15.6 Å². The van der Waals surface area contributed by atoms with Gasteiger partial charge in [0.15, 0.2) is 11.3 Å². The largest absolute Gasteiger partial charge is 0.364 e. The van der Waals surface area contributed by atoms with Crippen LogP contribution < -0.4 is 10.6 Å². The van der Waals surface area contributed by atoms with Crippen LogP contribution in [0.5, 0.6) is 0 Å². The number of nitro groups is 1. The summed E-state index contributed by atoms with van der Waals surface area (Å²) >= 11 is 1.17. The van der Waals surface area contributed by atoms with Crippen molar-refractivity contribution in [1.29, 1.82) is 0 Å². The van der Waals surface area contributed by atoms with Gasteiger partial charge in [0.1, 0.15) is 19.5 Å². The van der Waals surface area contributed by atoms with Gasteiger partial charge < -0.3 is 20.2 Å². The molecule has 0 aliphatic carbocycles. The number of rotatable bonds is 10. The maximum absolute atomic E-state index is 10.8. The number of likely N-dealkylation sites (N-methyl/N-ethyl adjacent to an activating group) is 1. The fraction of sp³-hybridized carbons (Fsp3) is 0.500. The summed E-state index contributed by atoms with van der Waals surface area (Å²) in [6.07, 6.45) is 4.15. The Labute approximate surface area is 162 Å². The number of nitrogens with one attached hydrogen (secondary N) is 2. The second kappa shape index (κ2) is 18.4. The summed E-state index contributed by atoms with van der Waals surface area (Å²) in [6, 6.07) is 1.21. The maximum Gasteiger partial charge on any atom is 0.302 e. The van der Waals surface area contributed by atoms with Crippen molar-refractivity contribution >= 4 is 35.9 Å². The van der Waals surface area contributed by atoms with E-state index in [2.05, 4.69) is 20.4 Å². The molecule has 10 nitrogen and oxygen atoms in total. The highest BCUT2D eigenvalue weighted by molar-refractivity contribution is 7.98. The first kappa shape index (κ1) is 26.9. The average Bonchev–Trinajstić information content (AvgIpc) is 2.69. The van der Waals surface area contributed by atoms with Crippen molar-refractivity contribution in [2.75, 3.05) is 39.6 Å². The van der Waals surface area contributed by atoms with Crippen LogP contribution in [0.1, 0.15) is 24.2 Å². The highest BCUT2D eigenvalue weighted by Gasteiger charge is 2.14. The summed E-state index contributed by atoms with van der Waals surface area (Å²) in [5.41, 5.74) is 0.0848. The summed E-state index contributed by atoms with van der Waals surface area (Å²) in [6.45, 7) is 5.21. The predicted octanol–water partition coefficient (Wildman–Crippen LogP) is 1.09. The molecule has 0 unspecified atom stereocenters. The zero-order chi connectivity index (χ0) is 21.1. The van der Waals surface area contributed by atoms with Gasteiger partial charge in [0.2, 0.25) is 5.91 Å². The molecule has 0 atom stereocenters. The van der Waals surface area contributed by atoms with Gasteiger partial charge in [-0.15, -0.1) is 11.8 Å². The van der Waals surface area contributed by atoms with Gasteiger partial charge >= 0.3 is 5.69 Å². The first-order chi connectivity index (χ1) is 13.0. The first-order valence-electron chi connectivity index (χ1n) is 8.06. The topological polar surface area (TPSA) is 141 Å². The van der Waals surface area contributed by atoms with E-state index in [0.717, 1.165) is 6.54 Å². The molecule has 1 aromatic rings. The SMILES string of the molecule is CC.CNCCNC(=O)COCC=O.CSc1ncc(C=O)cc1[N+](=O)[O-]. The van der Waals surface area contributed by atoms with Crippen molar-refractivity contribution in [3.8, 4) is 0 Å². The zero-order valence-corrected chi connectivity index (χ0v) is 16.7. The average molecular weight is 402 g/mol. The Morgan fingerprint density at radius 2 is 2.04 bits per heavy atom. The van der Waals surface area contributed by atoms with Crippen LogP contribution in [0.2, 0.25) is 0 Å². The van der Waals surface area contributed by atoms with E-state index in [0.29, 0.717) is 24.1 Å². The van der Waals surface area contributed by atoms with Crippen LogP contribution in [0.25, 0.3) is 0 Å². The van der Waals surface area contributed by atoms with Gasteiger partial charge in [-0.25, -0.2) is 4.98 Å². The molecule has 11 heteroatoms. The van der Waals surface area contributed by atoms with E-state index in [9.17, 15) is 24.5 Å². The van der Waals surface area contributed by atoms with Gasteiger partial charge in [-0.1, -0.05) is 13.8 Å². The number of aromatic nitrogens is 1. The molecular formula is C16H26N4O6S. The second-order valence-electron chi connectivity index (χ2n) is 4.31. The molecule has 0 radical (unpaired) electrons. The van der Waals surface area contributed by atoms with Crippen LogP contribution in [-0.4, -0.2) is 68.0 Å². The lowest BCUT2D eigenvalue weighted by Crippen LogP contribution is -2.33. The number of carbonyl (C=O) groups excluding carboxylic acids is 3. The van der Waals surface area contributed by atoms with Crippen LogP contribution in [0.4, 0.5) is 5.69 Å². The Morgan fingerprint density at radius 1 is 1.37 bits per heavy atom. The smallest absolute Gasteiger partial charge is 0.302 e. The van der Waals surface area contributed by atoms with Crippen molar-refractivity contribution < 1.29 is 24.0 Å². The minimum absolute atomic E-state index is 0.0283. The minimum atomic E-state index is -0.550. The van der Waals surface area contributed by atoms with Crippen molar-refractivity contribution in [2.45, 2.75) is 18.9 Å². The Hall–Kier alpha value is -2.37.